The molecule has 0 fully saturated rings. The molecule has 2 aromatic heterocycles. The highest BCUT2D eigenvalue weighted by molar-refractivity contribution is 5.85. The molecule has 3 aromatic carbocycles. The first-order valence-corrected chi connectivity index (χ1v) is 10.1. The van der Waals surface area contributed by atoms with Crippen LogP contribution in [0, 0.1) is 12.3 Å². The van der Waals surface area contributed by atoms with E-state index in [2.05, 4.69) is 41.2 Å². The quantitative estimate of drug-likeness (QED) is 0.422. The molecule has 158 valence electrons. The topological polar surface area (TPSA) is 82.2 Å². The van der Waals surface area contributed by atoms with Crippen LogP contribution in [0.2, 0.25) is 0 Å². The highest BCUT2D eigenvalue weighted by atomic mass is 16.5. The van der Waals surface area contributed by atoms with Gasteiger partial charge in [-0.2, -0.15) is 0 Å². The van der Waals surface area contributed by atoms with Gasteiger partial charge >= 0.3 is 11.4 Å². The van der Waals surface area contributed by atoms with E-state index >= 15 is 0 Å². The van der Waals surface area contributed by atoms with Gasteiger partial charge in [0.1, 0.15) is 12.4 Å². The highest BCUT2D eigenvalue weighted by Crippen LogP contribution is 2.27. The molecule has 0 aliphatic carbocycles. The Hall–Kier alpha value is -4.44. The van der Waals surface area contributed by atoms with E-state index in [1.165, 1.54) is 5.39 Å². The molecule has 0 unspecified atom stereocenters. The Kier molecular flexibility index (Phi) is 4.88. The van der Waals surface area contributed by atoms with Crippen LogP contribution in [0.15, 0.2) is 81.0 Å². The van der Waals surface area contributed by atoms with Crippen molar-refractivity contribution in [2.24, 2.45) is 0 Å². The number of ether oxygens (including phenoxy) is 1. The molecular weight excluding hydrogens is 406 g/mol. The summed E-state index contributed by atoms with van der Waals surface area (Å²) in [6.45, 7) is 0.891. The van der Waals surface area contributed by atoms with Crippen LogP contribution in [-0.2, 0) is 19.7 Å². The molecule has 32 heavy (non-hydrogen) atoms. The van der Waals surface area contributed by atoms with Crippen molar-refractivity contribution in [1.29, 1.82) is 0 Å². The van der Waals surface area contributed by atoms with Crippen molar-refractivity contribution in [3.05, 3.63) is 99.0 Å². The van der Waals surface area contributed by atoms with Crippen LogP contribution >= 0.6 is 0 Å². The molecule has 0 atom stereocenters. The lowest BCUT2D eigenvalue weighted by atomic mass is 10.1. The molecule has 0 aliphatic heterocycles. The van der Waals surface area contributed by atoms with E-state index in [4.69, 9.17) is 15.7 Å². The standard InChI is InChI=1S/C25H19N3O4/c1-2-11-27-14-20(15-28-24(29)26-25(30)32-28)22-13-21(9-10-23(22)27)31-16-17-7-8-18-5-3-4-6-19(18)12-17/h1,3-10,12-14H,11,15-16H2,(H,26,29,30). The zero-order chi connectivity index (χ0) is 22.1. The van der Waals surface area contributed by atoms with E-state index in [1.54, 1.807) is 0 Å². The minimum absolute atomic E-state index is 0.0970. The van der Waals surface area contributed by atoms with Crippen molar-refractivity contribution in [2.45, 2.75) is 19.7 Å². The zero-order valence-electron chi connectivity index (χ0n) is 17.1. The Labute approximate surface area is 182 Å². The van der Waals surface area contributed by atoms with Crippen molar-refractivity contribution < 1.29 is 9.26 Å². The Balaban J connectivity index is 1.46. The van der Waals surface area contributed by atoms with Gasteiger partial charge < -0.3 is 13.8 Å². The number of aromatic nitrogens is 3. The first-order valence-electron chi connectivity index (χ1n) is 10.1. The fraction of sp³-hybridized carbons (Fsp3) is 0.120. The lowest BCUT2D eigenvalue weighted by molar-refractivity contribution is 0.258. The summed E-state index contributed by atoms with van der Waals surface area (Å²) in [5.74, 6) is 2.53. The lowest BCUT2D eigenvalue weighted by Crippen LogP contribution is -2.17. The van der Waals surface area contributed by atoms with Crippen LogP contribution in [-0.4, -0.2) is 14.3 Å². The molecule has 0 aliphatic rings. The van der Waals surface area contributed by atoms with Crippen LogP contribution < -0.4 is 16.2 Å². The number of nitrogens with zero attached hydrogens (tertiary/aromatic N) is 2. The van der Waals surface area contributed by atoms with Crippen LogP contribution in [0.4, 0.5) is 0 Å². The molecule has 0 bridgehead atoms. The molecular formula is C25H19N3O4. The van der Waals surface area contributed by atoms with Crippen molar-refractivity contribution in [1.82, 2.24) is 14.3 Å². The van der Waals surface area contributed by atoms with Crippen molar-refractivity contribution in [2.75, 3.05) is 0 Å². The maximum Gasteiger partial charge on any atom is 0.440 e. The van der Waals surface area contributed by atoms with E-state index in [1.807, 2.05) is 41.1 Å². The van der Waals surface area contributed by atoms with E-state index in [9.17, 15) is 9.59 Å². The van der Waals surface area contributed by atoms with E-state index in [0.717, 1.165) is 32.2 Å². The number of H-pyrrole nitrogens is 1. The van der Waals surface area contributed by atoms with Gasteiger partial charge in [-0.3, -0.25) is 0 Å². The number of benzene rings is 3. The average molecular weight is 425 g/mol. The van der Waals surface area contributed by atoms with Gasteiger partial charge in [-0.25, -0.2) is 14.6 Å². The Morgan fingerprint density at radius 1 is 1.03 bits per heavy atom. The first-order chi connectivity index (χ1) is 15.6. The maximum atomic E-state index is 11.9. The fourth-order valence-corrected chi connectivity index (χ4v) is 3.86. The molecule has 0 spiro atoms. The van der Waals surface area contributed by atoms with Crippen molar-refractivity contribution in [3.8, 4) is 18.1 Å². The Bertz CT molecular complexity index is 1590. The van der Waals surface area contributed by atoms with E-state index < -0.39 is 11.4 Å². The first kappa shape index (κ1) is 19.5. The largest absolute Gasteiger partial charge is 0.489 e. The molecule has 0 saturated heterocycles. The number of terminal acetylenes is 1. The summed E-state index contributed by atoms with van der Waals surface area (Å²) in [6, 6.07) is 20.2. The van der Waals surface area contributed by atoms with Gasteiger partial charge in [0, 0.05) is 22.7 Å². The third-order valence-electron chi connectivity index (χ3n) is 5.36. The highest BCUT2D eigenvalue weighted by Gasteiger charge is 2.13. The summed E-state index contributed by atoms with van der Waals surface area (Å²) in [5.41, 5.74) is 2.16. The molecule has 1 N–H and O–H groups in total. The number of fused-ring (bicyclic) bond motifs is 2. The van der Waals surface area contributed by atoms with Crippen LogP contribution in [0.25, 0.3) is 21.7 Å². The minimum Gasteiger partial charge on any atom is -0.489 e. The SMILES string of the molecule is C#CCn1cc(Cn2oc(=O)[nH]c2=O)c2cc(OCc3ccc4ccccc4c3)ccc21. The molecule has 5 aromatic rings. The summed E-state index contributed by atoms with van der Waals surface area (Å²) in [6.07, 6.45) is 7.36. The maximum absolute atomic E-state index is 11.9. The van der Waals surface area contributed by atoms with Gasteiger partial charge in [-0.15, -0.1) is 11.2 Å². The monoisotopic (exact) mass is 425 g/mol. The summed E-state index contributed by atoms with van der Waals surface area (Å²) >= 11 is 0. The van der Waals surface area contributed by atoms with Crippen LogP contribution in [0.3, 0.4) is 0 Å². The second-order valence-corrected chi connectivity index (χ2v) is 7.48. The lowest BCUT2D eigenvalue weighted by Gasteiger charge is -2.09. The van der Waals surface area contributed by atoms with Crippen LogP contribution in [0.5, 0.6) is 5.75 Å². The second kappa shape index (κ2) is 8.00. The van der Waals surface area contributed by atoms with Gasteiger partial charge in [0.25, 0.3) is 0 Å². The number of nitrogens with one attached hydrogen (secondary N) is 1. The minimum atomic E-state index is -0.790. The summed E-state index contributed by atoms with van der Waals surface area (Å²) in [5, 5.41) is 3.21. The molecule has 0 saturated carbocycles. The number of aromatic amines is 1. The van der Waals surface area contributed by atoms with Crippen molar-refractivity contribution in [3.63, 3.8) is 0 Å². The summed E-state index contributed by atoms with van der Waals surface area (Å²) in [7, 11) is 0. The molecule has 0 radical (unpaired) electrons. The van der Waals surface area contributed by atoms with Gasteiger partial charge in [-0.1, -0.05) is 42.3 Å². The Morgan fingerprint density at radius 2 is 1.88 bits per heavy atom. The van der Waals surface area contributed by atoms with E-state index in [-0.39, 0.29) is 6.54 Å². The molecule has 7 heteroatoms. The third-order valence-corrected chi connectivity index (χ3v) is 5.36. The Morgan fingerprint density at radius 3 is 2.66 bits per heavy atom. The number of hydrogen-bond acceptors (Lipinski definition) is 4. The number of rotatable bonds is 6. The predicted octanol–water partition coefficient (Wildman–Crippen LogP) is 3.50. The van der Waals surface area contributed by atoms with Gasteiger partial charge in [-0.05, 0) is 40.6 Å². The molecule has 7 nitrogen and oxygen atoms in total. The summed E-state index contributed by atoms with van der Waals surface area (Å²) in [4.78, 5) is 25.3. The van der Waals surface area contributed by atoms with Crippen LogP contribution in [0.1, 0.15) is 11.1 Å². The van der Waals surface area contributed by atoms with Crippen molar-refractivity contribution >= 4 is 21.7 Å². The van der Waals surface area contributed by atoms with Gasteiger partial charge in [0.2, 0.25) is 0 Å². The molecule has 0 amide bonds. The van der Waals surface area contributed by atoms with Gasteiger partial charge in [0.05, 0.1) is 13.1 Å². The molecule has 5 rings (SSSR count). The fourth-order valence-electron chi connectivity index (χ4n) is 3.86. The summed E-state index contributed by atoms with van der Waals surface area (Å²) < 4.78 is 13.9. The van der Waals surface area contributed by atoms with Gasteiger partial charge in [0.15, 0.2) is 0 Å². The predicted molar refractivity (Wildman–Crippen MR) is 122 cm³/mol. The van der Waals surface area contributed by atoms with E-state index in [0.29, 0.717) is 18.9 Å². The smallest absolute Gasteiger partial charge is 0.440 e. The normalized spacial score (nSPS) is 11.1. The second-order valence-electron chi connectivity index (χ2n) is 7.48. The average Bonchev–Trinajstić information content (AvgIpc) is 3.30. The number of hydrogen-bond donors (Lipinski definition) is 1. The molecule has 2 heterocycles. The third kappa shape index (κ3) is 3.70. The zero-order valence-corrected chi connectivity index (χ0v) is 17.1.